The van der Waals surface area contributed by atoms with Crippen LogP contribution in [0.25, 0.3) is 0 Å². The first-order valence-electron chi connectivity index (χ1n) is 14.4. The molecular weight excluding hydrogens is 418 g/mol. The molecule has 0 saturated heterocycles. The van der Waals surface area contributed by atoms with E-state index in [4.69, 9.17) is 0 Å². The van der Waals surface area contributed by atoms with E-state index < -0.39 is 0 Å². The molecule has 6 saturated carbocycles. The molecular formula is C30H41N3O. The lowest BCUT2D eigenvalue weighted by Gasteiger charge is -2.57. The van der Waals surface area contributed by atoms with Gasteiger partial charge in [0.2, 0.25) is 0 Å². The van der Waals surface area contributed by atoms with Gasteiger partial charge in [0, 0.05) is 17.7 Å². The van der Waals surface area contributed by atoms with Crippen molar-refractivity contribution in [2.45, 2.75) is 91.0 Å². The molecule has 4 nitrogen and oxygen atoms in total. The fourth-order valence-electron chi connectivity index (χ4n) is 10.6. The number of nitriles is 1. The standard InChI is InChI=1S/C30H41N3O/c1-16-4-8-20-19(12-16)7-9-22-21(20)10-11-30(3)28(22)26-17(2)27(26)29(30)25(34)15-33-14-23(18-5-6-18)24(13-31)32-33/h14,16-22,26-29H,4-12,15H2,1-3H3. The number of hydrogen-bond acceptors (Lipinski definition) is 3. The van der Waals surface area contributed by atoms with Crippen LogP contribution >= 0.6 is 0 Å². The predicted molar refractivity (Wildman–Crippen MR) is 131 cm³/mol. The van der Waals surface area contributed by atoms with Gasteiger partial charge in [0.25, 0.3) is 0 Å². The van der Waals surface area contributed by atoms with Crippen LogP contribution in [0.2, 0.25) is 0 Å². The van der Waals surface area contributed by atoms with E-state index in [0.717, 1.165) is 59.8 Å². The van der Waals surface area contributed by atoms with E-state index in [1.165, 1.54) is 44.9 Å². The van der Waals surface area contributed by atoms with Crippen molar-refractivity contribution >= 4 is 5.78 Å². The average Bonchev–Trinajstić information content (AvgIpc) is 3.69. The number of aromatic nitrogens is 2. The molecule has 6 fully saturated rings. The normalized spacial score (nSPS) is 48.8. The third-order valence-corrected chi connectivity index (χ3v) is 12.1. The Hall–Kier alpha value is -1.63. The fourth-order valence-corrected chi connectivity index (χ4v) is 10.6. The van der Waals surface area contributed by atoms with E-state index in [1.54, 1.807) is 0 Å². The molecule has 7 rings (SSSR count). The SMILES string of the molecule is CC1CCC2C(CCC3C2CCC2(C)C(C(=O)Cn4cc(C5CC5)c(C#N)n4)C4C(C)C4C32)C1. The van der Waals surface area contributed by atoms with Crippen LogP contribution in [-0.4, -0.2) is 15.6 Å². The number of nitrogens with zero attached hydrogens (tertiary/aromatic N) is 3. The average molecular weight is 460 g/mol. The van der Waals surface area contributed by atoms with Crippen molar-refractivity contribution in [2.75, 3.05) is 0 Å². The summed E-state index contributed by atoms with van der Waals surface area (Å²) in [5.41, 5.74) is 1.80. The molecule has 0 aliphatic heterocycles. The predicted octanol–water partition coefficient (Wildman–Crippen LogP) is 6.21. The van der Waals surface area contributed by atoms with Crippen molar-refractivity contribution in [1.29, 1.82) is 5.26 Å². The van der Waals surface area contributed by atoms with E-state index >= 15 is 0 Å². The quantitative estimate of drug-likeness (QED) is 0.538. The molecule has 6 aliphatic carbocycles. The maximum absolute atomic E-state index is 13.9. The number of hydrogen-bond donors (Lipinski definition) is 0. The summed E-state index contributed by atoms with van der Waals surface area (Å²) >= 11 is 0. The van der Waals surface area contributed by atoms with Crippen molar-refractivity contribution in [1.82, 2.24) is 9.78 Å². The second kappa shape index (κ2) is 7.44. The minimum atomic E-state index is 0.180. The zero-order valence-electron chi connectivity index (χ0n) is 21.2. The number of fused-ring (bicyclic) bond motifs is 7. The summed E-state index contributed by atoms with van der Waals surface area (Å²) in [5.74, 6) is 8.60. The molecule has 0 radical (unpaired) electrons. The van der Waals surface area contributed by atoms with Crippen molar-refractivity contribution in [3.8, 4) is 6.07 Å². The Morgan fingerprint density at radius 2 is 1.88 bits per heavy atom. The van der Waals surface area contributed by atoms with Gasteiger partial charge in [-0.15, -0.1) is 0 Å². The summed E-state index contributed by atoms with van der Waals surface area (Å²) in [6, 6.07) is 2.27. The topological polar surface area (TPSA) is 58.7 Å². The molecule has 0 N–H and O–H groups in total. The lowest BCUT2D eigenvalue weighted by atomic mass is 9.47. The highest BCUT2D eigenvalue weighted by atomic mass is 16.1. The van der Waals surface area contributed by atoms with Crippen LogP contribution in [0.15, 0.2) is 6.20 Å². The molecule has 1 aromatic rings. The number of rotatable bonds is 4. The van der Waals surface area contributed by atoms with Crippen LogP contribution < -0.4 is 0 Å². The van der Waals surface area contributed by atoms with Gasteiger partial charge in [0.05, 0.1) is 6.54 Å². The summed E-state index contributed by atoms with van der Waals surface area (Å²) in [5, 5.41) is 14.1. The van der Waals surface area contributed by atoms with Crippen molar-refractivity contribution in [3.05, 3.63) is 17.5 Å². The molecule has 0 aromatic carbocycles. The fraction of sp³-hybridized carbons (Fsp3) is 0.833. The maximum Gasteiger partial charge on any atom is 0.165 e. The monoisotopic (exact) mass is 459 g/mol. The van der Waals surface area contributed by atoms with Crippen LogP contribution in [0, 0.1) is 75.9 Å². The number of carbonyl (C=O) groups excluding carboxylic acids is 1. The summed E-state index contributed by atoms with van der Waals surface area (Å²) in [4.78, 5) is 13.9. The Balaban J connectivity index is 1.14. The minimum absolute atomic E-state index is 0.180. The van der Waals surface area contributed by atoms with E-state index in [1.807, 2.05) is 10.9 Å². The van der Waals surface area contributed by atoms with Crippen LogP contribution in [0.4, 0.5) is 0 Å². The van der Waals surface area contributed by atoms with Crippen LogP contribution in [-0.2, 0) is 11.3 Å². The third kappa shape index (κ3) is 3.00. The molecule has 6 aliphatic rings. The van der Waals surface area contributed by atoms with Gasteiger partial charge in [-0.05, 0) is 116 Å². The van der Waals surface area contributed by atoms with Gasteiger partial charge in [-0.1, -0.05) is 27.2 Å². The number of carbonyl (C=O) groups is 1. The van der Waals surface area contributed by atoms with Crippen molar-refractivity contribution in [2.24, 2.45) is 64.6 Å². The van der Waals surface area contributed by atoms with Gasteiger partial charge in [0.1, 0.15) is 6.07 Å². The zero-order valence-corrected chi connectivity index (χ0v) is 21.2. The van der Waals surface area contributed by atoms with Gasteiger partial charge in [0.15, 0.2) is 11.5 Å². The maximum atomic E-state index is 13.9. The molecule has 34 heavy (non-hydrogen) atoms. The van der Waals surface area contributed by atoms with Gasteiger partial charge in [-0.3, -0.25) is 9.48 Å². The Morgan fingerprint density at radius 1 is 1.09 bits per heavy atom. The van der Waals surface area contributed by atoms with Crippen molar-refractivity contribution in [3.63, 3.8) is 0 Å². The zero-order chi connectivity index (χ0) is 23.4. The minimum Gasteiger partial charge on any atom is -0.297 e. The van der Waals surface area contributed by atoms with Gasteiger partial charge in [-0.2, -0.15) is 10.4 Å². The van der Waals surface area contributed by atoms with E-state index in [9.17, 15) is 10.1 Å². The third-order valence-electron chi connectivity index (χ3n) is 12.1. The van der Waals surface area contributed by atoms with E-state index in [0.29, 0.717) is 35.8 Å². The van der Waals surface area contributed by atoms with Gasteiger partial charge >= 0.3 is 0 Å². The Labute approximate surface area is 204 Å². The number of ketones is 1. The molecule has 0 bridgehead atoms. The molecule has 0 amide bonds. The Kier molecular flexibility index (Phi) is 4.73. The first-order valence-corrected chi connectivity index (χ1v) is 14.4. The Bertz CT molecular complexity index is 1050. The lowest BCUT2D eigenvalue weighted by Crippen LogP contribution is -2.51. The molecule has 4 heteroatoms. The smallest absolute Gasteiger partial charge is 0.165 e. The Morgan fingerprint density at radius 3 is 2.65 bits per heavy atom. The molecule has 182 valence electrons. The summed E-state index contributed by atoms with van der Waals surface area (Å²) in [6.07, 6.45) is 14.2. The molecule has 0 spiro atoms. The highest BCUT2D eigenvalue weighted by Crippen LogP contribution is 2.76. The second-order valence-corrected chi connectivity index (χ2v) is 13.8. The van der Waals surface area contributed by atoms with Crippen LogP contribution in [0.3, 0.4) is 0 Å². The largest absolute Gasteiger partial charge is 0.297 e. The number of Topliss-reactive ketones (excluding diaryl/α,β-unsaturated/α-hetero) is 1. The van der Waals surface area contributed by atoms with Gasteiger partial charge < -0.3 is 0 Å². The summed E-state index contributed by atoms with van der Waals surface area (Å²) < 4.78 is 1.81. The van der Waals surface area contributed by atoms with E-state index in [2.05, 4.69) is 31.9 Å². The van der Waals surface area contributed by atoms with Gasteiger partial charge in [-0.25, -0.2) is 0 Å². The van der Waals surface area contributed by atoms with Crippen molar-refractivity contribution < 1.29 is 4.79 Å². The molecule has 11 atom stereocenters. The second-order valence-electron chi connectivity index (χ2n) is 13.8. The molecule has 1 heterocycles. The summed E-state index contributed by atoms with van der Waals surface area (Å²) in [7, 11) is 0. The molecule has 11 unspecified atom stereocenters. The van der Waals surface area contributed by atoms with E-state index in [-0.39, 0.29) is 11.3 Å². The highest BCUT2D eigenvalue weighted by molar-refractivity contribution is 5.83. The van der Waals surface area contributed by atoms with Crippen LogP contribution in [0.1, 0.15) is 95.7 Å². The molecule has 1 aromatic heterocycles. The highest BCUT2D eigenvalue weighted by Gasteiger charge is 2.73. The lowest BCUT2D eigenvalue weighted by molar-refractivity contribution is -0.135. The first-order chi connectivity index (χ1) is 16.4. The summed E-state index contributed by atoms with van der Waals surface area (Å²) in [6.45, 7) is 7.76. The van der Waals surface area contributed by atoms with Crippen LogP contribution in [0.5, 0.6) is 0 Å². The first kappa shape index (κ1) is 21.6.